The lowest BCUT2D eigenvalue weighted by Gasteiger charge is -2.01. The monoisotopic (exact) mass is 270 g/mol. The van der Waals surface area contributed by atoms with E-state index in [1.807, 2.05) is 0 Å². The Morgan fingerprint density at radius 2 is 2.07 bits per heavy atom. The van der Waals surface area contributed by atoms with Gasteiger partial charge in [0.25, 0.3) is 0 Å². The Morgan fingerprint density at radius 1 is 1.40 bits per heavy atom. The van der Waals surface area contributed by atoms with E-state index in [9.17, 15) is 4.79 Å². The van der Waals surface area contributed by atoms with Gasteiger partial charge >= 0.3 is 5.97 Å². The van der Waals surface area contributed by atoms with Gasteiger partial charge in [-0.15, -0.1) is 0 Å². The lowest BCUT2D eigenvalue weighted by Crippen LogP contribution is -1.92. The number of hydrogen-bond donors (Lipinski definition) is 1. The molecule has 0 fully saturated rings. The van der Waals surface area contributed by atoms with Crippen LogP contribution in [-0.4, -0.2) is 17.9 Å². The van der Waals surface area contributed by atoms with Gasteiger partial charge in [-0.2, -0.15) is 0 Å². The maximum atomic E-state index is 10.4. The van der Waals surface area contributed by atoms with Crippen molar-refractivity contribution in [1.82, 2.24) is 0 Å². The van der Waals surface area contributed by atoms with Gasteiger partial charge in [-0.1, -0.05) is 15.9 Å². The zero-order valence-corrected chi connectivity index (χ0v) is 9.15. The summed E-state index contributed by atoms with van der Waals surface area (Å²) in [5.41, 5.74) is 0.738. The number of aliphatic carboxylic acids is 1. The third-order valence-corrected chi connectivity index (χ3v) is 2.58. The first-order valence-corrected chi connectivity index (χ1v) is 4.96. The Bertz CT molecular complexity index is 439. The number of ether oxygens (including phenoxy) is 2. The molecule has 0 spiro atoms. The van der Waals surface area contributed by atoms with Gasteiger partial charge in [0, 0.05) is 10.5 Å². The summed E-state index contributed by atoms with van der Waals surface area (Å²) in [5.74, 6) is 0.303. The zero-order chi connectivity index (χ0) is 10.8. The van der Waals surface area contributed by atoms with Gasteiger partial charge in [0.05, 0.1) is 0 Å². The normalized spacial score (nSPS) is 13.4. The number of hydrogen-bond acceptors (Lipinski definition) is 3. The van der Waals surface area contributed by atoms with Crippen LogP contribution in [-0.2, 0) is 4.79 Å². The highest BCUT2D eigenvalue weighted by Crippen LogP contribution is 2.37. The van der Waals surface area contributed by atoms with E-state index in [0.717, 1.165) is 16.1 Å². The van der Waals surface area contributed by atoms with Gasteiger partial charge in [0.2, 0.25) is 6.79 Å². The Kier molecular flexibility index (Phi) is 2.64. The molecule has 1 N–H and O–H groups in total. The van der Waals surface area contributed by atoms with E-state index in [1.54, 1.807) is 12.1 Å². The molecule has 1 aliphatic heterocycles. The molecule has 0 radical (unpaired) electrons. The Hall–Kier alpha value is -1.49. The molecule has 0 aromatic heterocycles. The molecule has 78 valence electrons. The highest BCUT2D eigenvalue weighted by Gasteiger charge is 2.15. The smallest absolute Gasteiger partial charge is 0.328 e. The number of carboxylic acid groups (broad SMARTS) is 1. The van der Waals surface area contributed by atoms with Gasteiger partial charge in [-0.3, -0.25) is 0 Å². The number of halogens is 1. The Labute approximate surface area is 94.2 Å². The summed E-state index contributed by atoms with van der Waals surface area (Å²) in [7, 11) is 0. The van der Waals surface area contributed by atoms with E-state index in [2.05, 4.69) is 15.9 Å². The maximum Gasteiger partial charge on any atom is 0.328 e. The van der Waals surface area contributed by atoms with E-state index in [0.29, 0.717) is 11.5 Å². The van der Waals surface area contributed by atoms with Gasteiger partial charge < -0.3 is 14.6 Å². The topological polar surface area (TPSA) is 55.8 Å². The van der Waals surface area contributed by atoms with E-state index in [1.165, 1.54) is 6.08 Å². The van der Waals surface area contributed by atoms with Crippen LogP contribution in [0.15, 0.2) is 22.7 Å². The first-order valence-electron chi connectivity index (χ1n) is 4.17. The first-order chi connectivity index (χ1) is 7.16. The molecule has 0 saturated heterocycles. The summed E-state index contributed by atoms with van der Waals surface area (Å²) in [6.45, 7) is 0.202. The molecule has 1 aliphatic rings. The molecule has 0 aliphatic carbocycles. The van der Waals surface area contributed by atoms with Gasteiger partial charge in [-0.25, -0.2) is 4.79 Å². The molecule has 0 saturated carbocycles. The molecule has 0 bridgehead atoms. The van der Waals surface area contributed by atoms with Gasteiger partial charge in [0.1, 0.15) is 0 Å². The molecular formula is C10H7BrO4. The van der Waals surface area contributed by atoms with Crippen LogP contribution in [0.3, 0.4) is 0 Å². The fraction of sp³-hybridized carbons (Fsp3) is 0.100. The first kappa shape index (κ1) is 10.0. The molecule has 1 aromatic carbocycles. The minimum Gasteiger partial charge on any atom is -0.478 e. The summed E-state index contributed by atoms with van der Waals surface area (Å²) in [4.78, 5) is 10.4. The minimum atomic E-state index is -0.987. The van der Waals surface area contributed by atoms with Crippen molar-refractivity contribution >= 4 is 28.0 Å². The number of benzene rings is 1. The van der Waals surface area contributed by atoms with Crippen LogP contribution in [0.5, 0.6) is 11.5 Å². The molecule has 1 heterocycles. The third-order valence-electron chi connectivity index (χ3n) is 1.90. The van der Waals surface area contributed by atoms with Crippen LogP contribution in [0, 0.1) is 0 Å². The van der Waals surface area contributed by atoms with Crippen LogP contribution in [0.2, 0.25) is 0 Å². The predicted octanol–water partition coefficient (Wildman–Crippen LogP) is 2.28. The lowest BCUT2D eigenvalue weighted by molar-refractivity contribution is -0.131. The van der Waals surface area contributed by atoms with Crippen molar-refractivity contribution in [3.05, 3.63) is 28.2 Å². The van der Waals surface area contributed by atoms with Crippen molar-refractivity contribution in [3.8, 4) is 11.5 Å². The molecule has 0 amide bonds. The number of fused-ring (bicyclic) bond motifs is 1. The second kappa shape index (κ2) is 3.94. The average Bonchev–Trinajstić information content (AvgIpc) is 2.60. The van der Waals surface area contributed by atoms with E-state index in [4.69, 9.17) is 14.6 Å². The Morgan fingerprint density at radius 3 is 2.73 bits per heavy atom. The van der Waals surface area contributed by atoms with E-state index < -0.39 is 5.97 Å². The summed E-state index contributed by atoms with van der Waals surface area (Å²) < 4.78 is 11.1. The quantitative estimate of drug-likeness (QED) is 0.838. The average molecular weight is 271 g/mol. The zero-order valence-electron chi connectivity index (χ0n) is 7.57. The lowest BCUT2D eigenvalue weighted by atomic mass is 10.2. The second-order valence-corrected chi connectivity index (χ2v) is 3.75. The van der Waals surface area contributed by atoms with Gasteiger partial charge in [0.15, 0.2) is 11.5 Å². The predicted molar refractivity (Wildman–Crippen MR) is 56.9 cm³/mol. The largest absolute Gasteiger partial charge is 0.478 e. The number of carbonyl (C=O) groups is 1. The minimum absolute atomic E-state index is 0.202. The summed E-state index contributed by atoms with van der Waals surface area (Å²) in [5, 5.41) is 8.50. The molecule has 2 rings (SSSR count). The molecule has 5 heteroatoms. The SMILES string of the molecule is O=C(O)/C=C/c1cc2c(cc1Br)OCO2. The Balaban J connectivity index is 2.36. The summed E-state index contributed by atoms with van der Waals surface area (Å²) in [6, 6.07) is 3.48. The van der Waals surface area contributed by atoms with Crippen molar-refractivity contribution in [2.75, 3.05) is 6.79 Å². The molecule has 1 aromatic rings. The number of rotatable bonds is 2. The van der Waals surface area contributed by atoms with Crippen LogP contribution >= 0.6 is 15.9 Å². The highest BCUT2D eigenvalue weighted by atomic mass is 79.9. The third kappa shape index (κ3) is 2.12. The van der Waals surface area contributed by atoms with Gasteiger partial charge in [-0.05, 0) is 23.8 Å². The summed E-state index contributed by atoms with van der Waals surface area (Å²) in [6.07, 6.45) is 2.57. The van der Waals surface area contributed by atoms with Crippen LogP contribution in [0.25, 0.3) is 6.08 Å². The summed E-state index contributed by atoms with van der Waals surface area (Å²) >= 11 is 3.32. The standard InChI is InChI=1S/C10H7BrO4/c11-7-4-9-8(14-5-15-9)3-6(7)1-2-10(12)13/h1-4H,5H2,(H,12,13)/b2-1+. The van der Waals surface area contributed by atoms with Crippen molar-refractivity contribution in [1.29, 1.82) is 0 Å². The fourth-order valence-electron chi connectivity index (χ4n) is 1.22. The van der Waals surface area contributed by atoms with Crippen molar-refractivity contribution in [3.63, 3.8) is 0 Å². The van der Waals surface area contributed by atoms with E-state index in [-0.39, 0.29) is 6.79 Å². The van der Waals surface area contributed by atoms with Crippen molar-refractivity contribution < 1.29 is 19.4 Å². The number of carboxylic acids is 1. The molecule has 0 atom stereocenters. The van der Waals surface area contributed by atoms with Crippen LogP contribution in [0.1, 0.15) is 5.56 Å². The molecule has 0 unspecified atom stereocenters. The molecule has 15 heavy (non-hydrogen) atoms. The second-order valence-electron chi connectivity index (χ2n) is 2.90. The van der Waals surface area contributed by atoms with Crippen molar-refractivity contribution in [2.45, 2.75) is 0 Å². The highest BCUT2D eigenvalue weighted by molar-refractivity contribution is 9.10. The molecule has 4 nitrogen and oxygen atoms in total. The van der Waals surface area contributed by atoms with Crippen LogP contribution in [0.4, 0.5) is 0 Å². The van der Waals surface area contributed by atoms with E-state index >= 15 is 0 Å². The van der Waals surface area contributed by atoms with Crippen molar-refractivity contribution in [2.24, 2.45) is 0 Å². The van der Waals surface area contributed by atoms with Crippen LogP contribution < -0.4 is 9.47 Å². The maximum absolute atomic E-state index is 10.4. The fourth-order valence-corrected chi connectivity index (χ4v) is 1.68. The molecular weight excluding hydrogens is 264 g/mol.